The second kappa shape index (κ2) is 8.37. The first-order valence-electron chi connectivity index (χ1n) is 8.32. The Kier molecular flexibility index (Phi) is 5.93. The maximum Gasteiger partial charge on any atom is 0.278 e. The number of nitrogens with one attached hydrogen (secondary N) is 1. The number of hydrogen-bond donors (Lipinski definition) is 1. The lowest BCUT2D eigenvalue weighted by Crippen LogP contribution is -2.35. The van der Waals surface area contributed by atoms with Crippen LogP contribution in [0.2, 0.25) is 0 Å². The molecule has 140 valence electrons. The summed E-state index contributed by atoms with van der Waals surface area (Å²) >= 11 is 3.41. The fourth-order valence-electron chi connectivity index (χ4n) is 2.89. The van der Waals surface area contributed by atoms with Crippen LogP contribution in [0.4, 0.5) is 5.69 Å². The number of nitrogens with zero attached hydrogens (tertiary/aromatic N) is 1. The molecule has 1 aliphatic rings. The molecule has 27 heavy (non-hydrogen) atoms. The number of amides is 2. The van der Waals surface area contributed by atoms with Crippen molar-refractivity contribution in [3.8, 4) is 5.75 Å². The lowest BCUT2D eigenvalue weighted by atomic mass is 10.0. The Bertz CT molecular complexity index is 910. The van der Waals surface area contributed by atoms with Crippen molar-refractivity contribution >= 4 is 39.0 Å². The number of carbonyl (C=O) groups is 2. The smallest absolute Gasteiger partial charge is 0.278 e. The van der Waals surface area contributed by atoms with Crippen LogP contribution < -0.4 is 10.1 Å². The Morgan fingerprint density at radius 1 is 1.04 bits per heavy atom. The summed E-state index contributed by atoms with van der Waals surface area (Å²) in [6.45, 7) is 0.442. The molecule has 0 unspecified atom stereocenters. The highest BCUT2D eigenvalue weighted by atomic mass is 79.9. The van der Waals surface area contributed by atoms with Crippen molar-refractivity contribution in [1.82, 2.24) is 4.90 Å². The van der Waals surface area contributed by atoms with Gasteiger partial charge in [-0.15, -0.1) is 0 Å². The van der Waals surface area contributed by atoms with Crippen molar-refractivity contribution in [3.63, 3.8) is 0 Å². The van der Waals surface area contributed by atoms with Gasteiger partial charge < -0.3 is 14.8 Å². The molecule has 0 fully saturated rings. The van der Waals surface area contributed by atoms with Crippen LogP contribution in [0, 0.1) is 0 Å². The van der Waals surface area contributed by atoms with Gasteiger partial charge >= 0.3 is 0 Å². The summed E-state index contributed by atoms with van der Waals surface area (Å²) in [5, 5.41) is 3.11. The van der Waals surface area contributed by atoms with Gasteiger partial charge in [0.2, 0.25) is 0 Å². The molecule has 7 heteroatoms. The number of carbonyl (C=O) groups excluding carboxylic acids is 2. The van der Waals surface area contributed by atoms with E-state index < -0.39 is 5.91 Å². The Balaban J connectivity index is 2.09. The molecule has 3 rings (SSSR count). The van der Waals surface area contributed by atoms with Gasteiger partial charge in [-0.2, -0.15) is 0 Å². The predicted molar refractivity (Wildman–Crippen MR) is 106 cm³/mol. The molecule has 1 aliphatic heterocycles. The molecule has 0 aromatic heterocycles. The van der Waals surface area contributed by atoms with E-state index in [2.05, 4.69) is 21.2 Å². The van der Waals surface area contributed by atoms with E-state index in [1.165, 1.54) is 19.1 Å². The lowest BCUT2D eigenvalue weighted by Gasteiger charge is -2.14. The Morgan fingerprint density at radius 2 is 1.81 bits per heavy atom. The second-order valence-corrected chi connectivity index (χ2v) is 6.76. The van der Waals surface area contributed by atoms with Gasteiger partial charge in [-0.1, -0.05) is 40.2 Å². The van der Waals surface area contributed by atoms with Crippen molar-refractivity contribution in [2.24, 2.45) is 0 Å². The summed E-state index contributed by atoms with van der Waals surface area (Å²) < 4.78 is 11.3. The Hall–Kier alpha value is -2.64. The number of methoxy groups -OCH3 is 2. The van der Waals surface area contributed by atoms with Gasteiger partial charge in [0.25, 0.3) is 11.8 Å². The van der Waals surface area contributed by atoms with Gasteiger partial charge in [0.15, 0.2) is 0 Å². The van der Waals surface area contributed by atoms with Crippen molar-refractivity contribution in [3.05, 3.63) is 64.3 Å². The van der Waals surface area contributed by atoms with Crippen LogP contribution in [0.15, 0.2) is 58.7 Å². The number of benzene rings is 2. The maximum absolute atomic E-state index is 13.0. The topological polar surface area (TPSA) is 67.9 Å². The number of rotatable bonds is 7. The average molecular weight is 431 g/mol. The lowest BCUT2D eigenvalue weighted by molar-refractivity contribution is -0.137. The third kappa shape index (κ3) is 3.89. The predicted octanol–water partition coefficient (Wildman–Crippen LogP) is 3.30. The molecule has 0 spiro atoms. The highest BCUT2D eigenvalue weighted by molar-refractivity contribution is 9.10. The molecule has 0 saturated heterocycles. The van der Waals surface area contributed by atoms with Gasteiger partial charge in [-0.05, 0) is 24.3 Å². The largest absolute Gasteiger partial charge is 0.496 e. The normalized spacial score (nSPS) is 14.1. The minimum atomic E-state index is -0.391. The summed E-state index contributed by atoms with van der Waals surface area (Å²) in [5.74, 6) is -0.243. The monoisotopic (exact) mass is 430 g/mol. The first kappa shape index (κ1) is 19.1. The third-order valence-corrected chi connectivity index (χ3v) is 4.65. The van der Waals surface area contributed by atoms with Crippen molar-refractivity contribution in [2.45, 2.75) is 0 Å². The van der Waals surface area contributed by atoms with Crippen LogP contribution in [0.5, 0.6) is 5.75 Å². The molecule has 1 N–H and O–H groups in total. The zero-order chi connectivity index (χ0) is 19.4. The van der Waals surface area contributed by atoms with Gasteiger partial charge in [0.1, 0.15) is 11.4 Å². The van der Waals surface area contributed by atoms with Gasteiger partial charge in [-0.3, -0.25) is 14.5 Å². The van der Waals surface area contributed by atoms with Gasteiger partial charge in [0.05, 0.1) is 25.8 Å². The fourth-order valence-corrected chi connectivity index (χ4v) is 3.29. The maximum atomic E-state index is 13.0. The number of anilines is 1. The van der Waals surface area contributed by atoms with Crippen LogP contribution in [0.25, 0.3) is 5.57 Å². The summed E-state index contributed by atoms with van der Waals surface area (Å²) in [4.78, 5) is 27.2. The fraction of sp³-hybridized carbons (Fsp3) is 0.200. The molecular formula is C20H19BrN2O4. The first-order chi connectivity index (χ1) is 13.1. The molecule has 0 saturated carbocycles. The molecule has 0 atom stereocenters. The van der Waals surface area contributed by atoms with E-state index in [9.17, 15) is 9.59 Å². The number of halogens is 1. The van der Waals surface area contributed by atoms with E-state index in [-0.39, 0.29) is 30.3 Å². The van der Waals surface area contributed by atoms with E-state index in [1.54, 1.807) is 18.2 Å². The number of hydrogen-bond acceptors (Lipinski definition) is 5. The quantitative estimate of drug-likeness (QED) is 0.682. The molecule has 0 aliphatic carbocycles. The molecule has 2 aromatic carbocycles. The summed E-state index contributed by atoms with van der Waals surface area (Å²) in [6.07, 6.45) is 0. The van der Waals surface area contributed by atoms with E-state index in [0.29, 0.717) is 17.0 Å². The summed E-state index contributed by atoms with van der Waals surface area (Å²) in [5.41, 5.74) is 1.77. The van der Waals surface area contributed by atoms with Gasteiger partial charge in [0, 0.05) is 22.8 Å². The molecule has 0 radical (unpaired) electrons. The van der Waals surface area contributed by atoms with Crippen molar-refractivity contribution in [1.29, 1.82) is 0 Å². The highest BCUT2D eigenvalue weighted by Crippen LogP contribution is 2.35. The second-order valence-electron chi connectivity index (χ2n) is 5.84. The molecule has 6 nitrogen and oxygen atoms in total. The molecular weight excluding hydrogens is 412 g/mol. The van der Waals surface area contributed by atoms with Crippen LogP contribution >= 0.6 is 15.9 Å². The number of imide groups is 1. The Labute approximate surface area is 165 Å². The molecule has 0 bridgehead atoms. The van der Waals surface area contributed by atoms with Gasteiger partial charge in [-0.25, -0.2) is 0 Å². The van der Waals surface area contributed by atoms with Crippen LogP contribution in [0.1, 0.15) is 5.56 Å². The molecule has 1 heterocycles. The SMILES string of the molecule is COCCN1C(=O)C(Nc2cccc(Br)c2)=C(c2ccccc2OC)C1=O. The molecule has 2 aromatic rings. The number of para-hydroxylation sites is 1. The van der Waals surface area contributed by atoms with Crippen LogP contribution in [-0.2, 0) is 14.3 Å². The van der Waals surface area contributed by atoms with E-state index in [0.717, 1.165) is 4.47 Å². The molecule has 2 amide bonds. The minimum Gasteiger partial charge on any atom is -0.496 e. The van der Waals surface area contributed by atoms with E-state index in [1.807, 2.05) is 30.3 Å². The number of ether oxygens (including phenoxy) is 2. The van der Waals surface area contributed by atoms with E-state index in [4.69, 9.17) is 9.47 Å². The van der Waals surface area contributed by atoms with Crippen molar-refractivity contribution in [2.75, 3.05) is 32.7 Å². The zero-order valence-electron chi connectivity index (χ0n) is 15.0. The average Bonchev–Trinajstić information content (AvgIpc) is 2.90. The highest BCUT2D eigenvalue weighted by Gasteiger charge is 2.39. The zero-order valence-corrected chi connectivity index (χ0v) is 16.6. The first-order valence-corrected chi connectivity index (χ1v) is 9.11. The summed E-state index contributed by atoms with van der Waals surface area (Å²) in [7, 11) is 3.06. The minimum absolute atomic E-state index is 0.177. The van der Waals surface area contributed by atoms with Crippen molar-refractivity contribution < 1.29 is 19.1 Å². The van der Waals surface area contributed by atoms with E-state index >= 15 is 0 Å². The third-order valence-electron chi connectivity index (χ3n) is 4.16. The van der Waals surface area contributed by atoms with Crippen LogP contribution in [0.3, 0.4) is 0 Å². The van der Waals surface area contributed by atoms with Crippen LogP contribution in [-0.4, -0.2) is 44.1 Å². The standard InChI is InChI=1S/C20H19BrN2O4/c1-26-11-10-23-19(24)17(15-8-3-4-9-16(15)27-2)18(20(23)25)22-14-7-5-6-13(21)12-14/h3-9,12,22H,10-11H2,1-2H3. The summed E-state index contributed by atoms with van der Waals surface area (Å²) in [6, 6.07) is 14.5. The Morgan fingerprint density at radius 3 is 2.52 bits per heavy atom.